The maximum atomic E-state index is 14.0. The maximum Gasteiger partial charge on any atom is 0.302 e. The highest BCUT2D eigenvalue weighted by molar-refractivity contribution is 7.91. The molecule has 280 valence electrons. The van der Waals surface area contributed by atoms with Crippen molar-refractivity contribution >= 4 is 44.8 Å². The smallest absolute Gasteiger partial charge is 0.302 e. The Balaban J connectivity index is 0.00000117. The number of amidine groups is 1. The highest BCUT2D eigenvalue weighted by atomic mass is 32.2. The monoisotopic (exact) mass is 740 g/mol. The van der Waals surface area contributed by atoms with Crippen molar-refractivity contribution in [2.45, 2.75) is 58.5 Å². The van der Waals surface area contributed by atoms with Crippen LogP contribution in [-0.4, -0.2) is 63.1 Å². The lowest BCUT2D eigenvalue weighted by molar-refractivity contribution is -0.127. The molecule has 1 aliphatic rings. The first kappa shape index (κ1) is 40.2. The summed E-state index contributed by atoms with van der Waals surface area (Å²) in [5.41, 5.74) is 2.20. The van der Waals surface area contributed by atoms with Gasteiger partial charge in [0.2, 0.25) is 5.91 Å². The fourth-order valence-corrected chi connectivity index (χ4v) is 6.91. The zero-order valence-corrected chi connectivity index (χ0v) is 31.8. The zero-order valence-electron chi connectivity index (χ0n) is 31.0. The average Bonchev–Trinajstić information content (AvgIpc) is 3.39. The van der Waals surface area contributed by atoms with E-state index >= 15 is 0 Å². The van der Waals surface area contributed by atoms with E-state index in [0.717, 1.165) is 34.8 Å². The van der Waals surface area contributed by atoms with E-state index in [1.807, 2.05) is 26.8 Å². The summed E-state index contributed by atoms with van der Waals surface area (Å²) in [6, 6.07) is 27.1. The number of benzene rings is 4. The lowest BCUT2D eigenvalue weighted by atomic mass is 10.1. The number of aryl methyl sites for hydroxylation is 2. The van der Waals surface area contributed by atoms with Crippen molar-refractivity contribution in [1.29, 1.82) is 0 Å². The first-order chi connectivity index (χ1) is 25.3. The Morgan fingerprint density at radius 1 is 0.849 bits per heavy atom. The maximum absolute atomic E-state index is 14.0. The second-order valence-corrected chi connectivity index (χ2v) is 14.6. The molecule has 4 aromatic carbocycles. The standard InChI is InChI=1S/C36H37N5O6S.C4H11N/c1-24-22-32(23-25(2)26(24)3)48(45,46)21-11-20-47-31-18-16-28(17-19-31)33(43)37-34-36(38-27(4)42,39-29-12-7-5-8-13-29)35(44)41(40-34)30-14-9-6-10-15-30;1-3-5-4-2/h5-10,12-19,22-23,39H,11,20-21H2,1-4H3,(H,38,42)(H,37,40,43);5H,3-4H2,1-2H3. The van der Waals surface area contributed by atoms with Crippen molar-refractivity contribution in [2.24, 2.45) is 5.10 Å². The molecule has 4 aromatic rings. The molecule has 12 nitrogen and oxygen atoms in total. The van der Waals surface area contributed by atoms with E-state index in [1.165, 1.54) is 19.1 Å². The molecule has 1 heterocycles. The minimum atomic E-state index is -3.47. The van der Waals surface area contributed by atoms with Gasteiger partial charge in [-0.05, 0) is 118 Å². The van der Waals surface area contributed by atoms with Gasteiger partial charge in [0.25, 0.3) is 11.6 Å². The molecule has 0 spiro atoms. The number of anilines is 2. The SMILES string of the molecule is CC(=O)NC1(Nc2ccccc2)C(=O)N(c2ccccc2)N=C1NC(=O)c1ccc(OCCCS(=O)(=O)c2cc(C)c(C)c(C)c2)cc1.CCNCC. The summed E-state index contributed by atoms with van der Waals surface area (Å²) in [5.74, 6) is -1.47. The van der Waals surface area contributed by atoms with Gasteiger partial charge in [-0.15, -0.1) is 5.10 Å². The molecule has 1 unspecified atom stereocenters. The van der Waals surface area contributed by atoms with Crippen molar-refractivity contribution in [3.8, 4) is 5.75 Å². The number of hydrogen-bond acceptors (Lipinski definition) is 9. The minimum absolute atomic E-state index is 0.0661. The Morgan fingerprint density at radius 3 is 1.98 bits per heavy atom. The number of carbonyl (C=O) groups is 3. The number of nitrogens with one attached hydrogen (secondary N) is 4. The van der Waals surface area contributed by atoms with E-state index in [9.17, 15) is 22.8 Å². The van der Waals surface area contributed by atoms with E-state index in [0.29, 0.717) is 22.0 Å². The van der Waals surface area contributed by atoms with E-state index < -0.39 is 33.2 Å². The molecule has 0 aromatic heterocycles. The Labute approximate surface area is 311 Å². The highest BCUT2D eigenvalue weighted by Gasteiger charge is 2.54. The number of rotatable bonds is 13. The van der Waals surface area contributed by atoms with Crippen LogP contribution in [-0.2, 0) is 19.4 Å². The number of sulfone groups is 1. The number of hydrazone groups is 1. The number of ether oxygens (including phenoxy) is 1. The third kappa shape index (κ3) is 10.3. The third-order valence-electron chi connectivity index (χ3n) is 8.47. The molecule has 1 aliphatic heterocycles. The molecule has 53 heavy (non-hydrogen) atoms. The van der Waals surface area contributed by atoms with Crippen LogP contribution in [0, 0.1) is 20.8 Å². The van der Waals surface area contributed by atoms with Gasteiger partial charge < -0.3 is 26.0 Å². The van der Waals surface area contributed by atoms with Gasteiger partial charge in [0, 0.05) is 18.2 Å². The van der Waals surface area contributed by atoms with Crippen molar-refractivity contribution in [1.82, 2.24) is 16.0 Å². The fraction of sp³-hybridized carbons (Fsp3) is 0.300. The lowest BCUT2D eigenvalue weighted by Crippen LogP contribution is -2.67. The van der Waals surface area contributed by atoms with Crippen LogP contribution in [0.1, 0.15) is 54.2 Å². The topological polar surface area (TPSA) is 158 Å². The van der Waals surface area contributed by atoms with Crippen LogP contribution < -0.4 is 31.0 Å². The van der Waals surface area contributed by atoms with E-state index in [4.69, 9.17) is 4.74 Å². The Hall–Kier alpha value is -5.53. The first-order valence-corrected chi connectivity index (χ1v) is 19.1. The van der Waals surface area contributed by atoms with Crippen LogP contribution in [0.5, 0.6) is 5.75 Å². The van der Waals surface area contributed by atoms with Crippen LogP contribution in [0.2, 0.25) is 0 Å². The van der Waals surface area contributed by atoms with E-state index in [-0.39, 0.29) is 30.2 Å². The Kier molecular flexibility index (Phi) is 13.9. The molecule has 0 saturated heterocycles. The molecule has 3 amide bonds. The van der Waals surface area contributed by atoms with Crippen molar-refractivity contribution in [3.05, 3.63) is 119 Å². The third-order valence-corrected chi connectivity index (χ3v) is 10.3. The first-order valence-electron chi connectivity index (χ1n) is 17.5. The number of nitrogens with zero attached hydrogens (tertiary/aromatic N) is 2. The van der Waals surface area contributed by atoms with Gasteiger partial charge in [0.1, 0.15) is 5.75 Å². The zero-order chi connectivity index (χ0) is 38.6. The summed E-state index contributed by atoms with van der Waals surface area (Å²) >= 11 is 0. The van der Waals surface area contributed by atoms with Gasteiger partial charge in [0.05, 0.1) is 22.9 Å². The largest absolute Gasteiger partial charge is 0.494 e. The van der Waals surface area contributed by atoms with E-state index in [1.54, 1.807) is 78.9 Å². The molecule has 0 saturated carbocycles. The lowest BCUT2D eigenvalue weighted by Gasteiger charge is -2.31. The predicted octanol–water partition coefficient (Wildman–Crippen LogP) is 5.51. The van der Waals surface area contributed by atoms with Gasteiger partial charge in [-0.1, -0.05) is 50.2 Å². The summed E-state index contributed by atoms with van der Waals surface area (Å²) in [6.45, 7) is 13.6. The number of para-hydroxylation sites is 2. The van der Waals surface area contributed by atoms with Crippen molar-refractivity contribution in [2.75, 3.05) is 35.8 Å². The second-order valence-electron chi connectivity index (χ2n) is 12.5. The molecular formula is C40H48N6O6S. The number of amides is 3. The quantitative estimate of drug-likeness (QED) is 0.103. The minimum Gasteiger partial charge on any atom is -0.494 e. The number of carbonyl (C=O) groups excluding carboxylic acids is 3. The summed E-state index contributed by atoms with van der Waals surface area (Å²) in [5, 5.41) is 17.2. The predicted molar refractivity (Wildman–Crippen MR) is 209 cm³/mol. The van der Waals surface area contributed by atoms with Crippen LogP contribution in [0.25, 0.3) is 0 Å². The van der Waals surface area contributed by atoms with Gasteiger partial charge in [-0.25, -0.2) is 8.42 Å². The average molecular weight is 741 g/mol. The van der Waals surface area contributed by atoms with Crippen LogP contribution in [0.4, 0.5) is 11.4 Å². The molecule has 0 fully saturated rings. The molecular weight excluding hydrogens is 693 g/mol. The summed E-state index contributed by atoms with van der Waals surface area (Å²) in [4.78, 5) is 40.2. The molecule has 5 rings (SSSR count). The molecule has 0 bridgehead atoms. The van der Waals surface area contributed by atoms with Crippen LogP contribution >= 0.6 is 0 Å². The summed E-state index contributed by atoms with van der Waals surface area (Å²) < 4.78 is 31.5. The van der Waals surface area contributed by atoms with Crippen LogP contribution in [0.15, 0.2) is 107 Å². The van der Waals surface area contributed by atoms with Crippen LogP contribution in [0.3, 0.4) is 0 Å². The van der Waals surface area contributed by atoms with Gasteiger partial charge >= 0.3 is 5.91 Å². The van der Waals surface area contributed by atoms with Crippen molar-refractivity contribution < 1.29 is 27.5 Å². The molecule has 1 atom stereocenters. The summed E-state index contributed by atoms with van der Waals surface area (Å²) in [7, 11) is -3.47. The van der Waals surface area contributed by atoms with Gasteiger partial charge in [0.15, 0.2) is 15.7 Å². The molecule has 0 aliphatic carbocycles. The normalized spacial score (nSPS) is 15.2. The molecule has 4 N–H and O–H groups in total. The second kappa shape index (κ2) is 18.3. The van der Waals surface area contributed by atoms with E-state index in [2.05, 4.69) is 40.2 Å². The molecule has 0 radical (unpaired) electrons. The highest BCUT2D eigenvalue weighted by Crippen LogP contribution is 2.28. The fourth-order valence-electron chi connectivity index (χ4n) is 5.47. The summed E-state index contributed by atoms with van der Waals surface area (Å²) in [6.07, 6.45) is 0.280. The number of hydrogen-bond donors (Lipinski definition) is 4. The van der Waals surface area contributed by atoms with Crippen molar-refractivity contribution in [3.63, 3.8) is 0 Å². The Morgan fingerprint density at radius 2 is 1.43 bits per heavy atom. The van der Waals surface area contributed by atoms with Gasteiger partial charge in [-0.2, -0.15) is 5.01 Å². The molecule has 13 heteroatoms. The van der Waals surface area contributed by atoms with Gasteiger partial charge in [-0.3, -0.25) is 14.4 Å². The Bertz CT molecular complexity index is 2000.